The lowest BCUT2D eigenvalue weighted by Crippen LogP contribution is -2.43. The molecule has 1 aromatic carbocycles. The van der Waals surface area contributed by atoms with Crippen molar-refractivity contribution in [1.29, 1.82) is 0 Å². The van der Waals surface area contributed by atoms with Gasteiger partial charge in [0, 0.05) is 45.6 Å². The Bertz CT molecular complexity index is 825. The van der Waals surface area contributed by atoms with E-state index in [-0.39, 0.29) is 29.8 Å². The second-order valence-electron chi connectivity index (χ2n) is 7.99. The second-order valence-corrected chi connectivity index (χ2v) is 7.99. The monoisotopic (exact) mass is 556 g/mol. The molecule has 8 heteroatoms. The van der Waals surface area contributed by atoms with Crippen molar-refractivity contribution in [3.05, 3.63) is 54.0 Å². The Balaban J connectivity index is 0.00000363. The van der Waals surface area contributed by atoms with E-state index in [0.717, 1.165) is 37.7 Å². The van der Waals surface area contributed by atoms with Gasteiger partial charge in [-0.25, -0.2) is 9.37 Å². The van der Waals surface area contributed by atoms with Crippen LogP contribution < -0.4 is 15.4 Å². The zero-order chi connectivity index (χ0) is 21.9. The predicted molar refractivity (Wildman–Crippen MR) is 136 cm³/mol. The quantitative estimate of drug-likeness (QED) is 0.180. The van der Waals surface area contributed by atoms with Crippen molar-refractivity contribution in [3.8, 4) is 11.6 Å². The van der Waals surface area contributed by atoms with Gasteiger partial charge < -0.3 is 20.1 Å². The number of pyridine rings is 1. The van der Waals surface area contributed by atoms with Gasteiger partial charge in [0.15, 0.2) is 5.96 Å². The van der Waals surface area contributed by atoms with Crippen molar-refractivity contribution in [2.45, 2.75) is 45.6 Å². The maximum atomic E-state index is 13.0. The van der Waals surface area contributed by atoms with Crippen LogP contribution >= 0.6 is 24.0 Å². The third-order valence-electron chi connectivity index (χ3n) is 5.79. The Hall–Kier alpha value is -1.94. The summed E-state index contributed by atoms with van der Waals surface area (Å²) in [5.41, 5.74) is 1.31. The molecule has 0 aliphatic heterocycles. The summed E-state index contributed by atoms with van der Waals surface area (Å²) in [5.74, 6) is 1.51. The molecule has 0 atom stereocenters. The van der Waals surface area contributed by atoms with Gasteiger partial charge in [0.1, 0.15) is 11.6 Å². The Kier molecular flexibility index (Phi) is 11.2. The summed E-state index contributed by atoms with van der Waals surface area (Å²) in [6, 6.07) is 9.63. The number of nitrogens with one attached hydrogen (secondary N) is 2. The molecule has 2 aromatic rings. The molecule has 0 bridgehead atoms. The lowest BCUT2D eigenvalue weighted by molar-refractivity contribution is 0.105. The third-order valence-corrected chi connectivity index (χ3v) is 5.79. The highest BCUT2D eigenvalue weighted by Gasteiger charge is 2.33. The first-order valence-corrected chi connectivity index (χ1v) is 11.0. The summed E-state index contributed by atoms with van der Waals surface area (Å²) in [6.07, 6.45) is 7.91. The fourth-order valence-electron chi connectivity index (χ4n) is 3.95. The SMILES string of the molecule is CCOCCC1(CNC(=NC)NCc2ccc(Oc3ccc(F)cc3)nc2)CCCC1.I. The minimum Gasteiger partial charge on any atom is -0.439 e. The molecule has 0 radical (unpaired) electrons. The smallest absolute Gasteiger partial charge is 0.219 e. The molecule has 0 amide bonds. The Labute approximate surface area is 207 Å². The Morgan fingerprint density at radius 2 is 1.88 bits per heavy atom. The van der Waals surface area contributed by atoms with Crippen LogP contribution in [-0.4, -0.2) is 37.7 Å². The van der Waals surface area contributed by atoms with E-state index in [4.69, 9.17) is 9.47 Å². The van der Waals surface area contributed by atoms with E-state index in [2.05, 4.69) is 20.6 Å². The van der Waals surface area contributed by atoms with E-state index in [9.17, 15) is 4.39 Å². The summed E-state index contributed by atoms with van der Waals surface area (Å²) < 4.78 is 24.2. The molecule has 3 rings (SSSR count). The van der Waals surface area contributed by atoms with Crippen LogP contribution in [0.25, 0.3) is 0 Å². The van der Waals surface area contributed by atoms with E-state index >= 15 is 0 Å². The number of halogens is 2. The normalized spacial score (nSPS) is 15.2. The highest BCUT2D eigenvalue weighted by Crippen LogP contribution is 2.40. The number of nitrogens with zero attached hydrogens (tertiary/aromatic N) is 2. The average Bonchev–Trinajstić information content (AvgIpc) is 3.26. The molecule has 1 saturated carbocycles. The van der Waals surface area contributed by atoms with Gasteiger partial charge in [0.2, 0.25) is 5.88 Å². The zero-order valence-corrected chi connectivity index (χ0v) is 21.2. The van der Waals surface area contributed by atoms with Crippen molar-refractivity contribution in [3.63, 3.8) is 0 Å². The minimum absolute atomic E-state index is 0. The van der Waals surface area contributed by atoms with Crippen LogP contribution in [0.3, 0.4) is 0 Å². The van der Waals surface area contributed by atoms with Gasteiger partial charge >= 0.3 is 0 Å². The maximum absolute atomic E-state index is 13.0. The summed E-state index contributed by atoms with van der Waals surface area (Å²) in [4.78, 5) is 8.69. The maximum Gasteiger partial charge on any atom is 0.219 e. The molecular weight excluding hydrogens is 522 g/mol. The number of hydrogen-bond acceptors (Lipinski definition) is 4. The predicted octanol–water partition coefficient (Wildman–Crippen LogP) is 5.28. The van der Waals surface area contributed by atoms with E-state index in [1.54, 1.807) is 31.4 Å². The fourth-order valence-corrected chi connectivity index (χ4v) is 3.95. The van der Waals surface area contributed by atoms with Crippen LogP contribution in [0.1, 0.15) is 44.6 Å². The summed E-state index contributed by atoms with van der Waals surface area (Å²) in [7, 11) is 1.79. The molecule has 1 fully saturated rings. The molecule has 1 aromatic heterocycles. The van der Waals surface area contributed by atoms with Crippen molar-refractivity contribution in [2.24, 2.45) is 10.4 Å². The van der Waals surface area contributed by atoms with Gasteiger partial charge in [-0.05, 0) is 61.4 Å². The van der Waals surface area contributed by atoms with Gasteiger partial charge in [-0.2, -0.15) is 0 Å². The molecule has 1 aliphatic rings. The summed E-state index contributed by atoms with van der Waals surface area (Å²) >= 11 is 0. The molecule has 176 valence electrons. The lowest BCUT2D eigenvalue weighted by Gasteiger charge is -2.30. The van der Waals surface area contributed by atoms with Crippen molar-refractivity contribution < 1.29 is 13.9 Å². The largest absolute Gasteiger partial charge is 0.439 e. The summed E-state index contributed by atoms with van der Waals surface area (Å²) in [6.45, 7) is 5.15. The van der Waals surface area contributed by atoms with Gasteiger partial charge in [-0.1, -0.05) is 18.9 Å². The van der Waals surface area contributed by atoms with E-state index in [1.165, 1.54) is 37.8 Å². The molecule has 32 heavy (non-hydrogen) atoms. The average molecular weight is 556 g/mol. The van der Waals surface area contributed by atoms with Gasteiger partial charge in [-0.15, -0.1) is 24.0 Å². The molecule has 1 aliphatic carbocycles. The topological polar surface area (TPSA) is 67.8 Å². The van der Waals surface area contributed by atoms with Crippen LogP contribution in [0, 0.1) is 11.2 Å². The first-order chi connectivity index (χ1) is 15.1. The number of aliphatic imine (C=N–C) groups is 1. The van der Waals surface area contributed by atoms with Gasteiger partial charge in [0.05, 0.1) is 0 Å². The van der Waals surface area contributed by atoms with Crippen molar-refractivity contribution >= 4 is 29.9 Å². The minimum atomic E-state index is -0.295. The number of guanidine groups is 1. The first-order valence-electron chi connectivity index (χ1n) is 11.0. The van der Waals surface area contributed by atoms with Crippen molar-refractivity contribution in [1.82, 2.24) is 15.6 Å². The van der Waals surface area contributed by atoms with E-state index in [1.807, 2.05) is 13.0 Å². The van der Waals surface area contributed by atoms with Crippen LogP contribution in [0.5, 0.6) is 11.6 Å². The van der Waals surface area contributed by atoms with Crippen LogP contribution in [-0.2, 0) is 11.3 Å². The summed E-state index contributed by atoms with van der Waals surface area (Å²) in [5, 5.41) is 6.86. The van der Waals surface area contributed by atoms with Crippen LogP contribution in [0.15, 0.2) is 47.6 Å². The highest BCUT2D eigenvalue weighted by atomic mass is 127. The fraction of sp³-hybridized carbons (Fsp3) is 0.500. The second kappa shape index (κ2) is 13.6. The Morgan fingerprint density at radius 3 is 2.50 bits per heavy atom. The lowest BCUT2D eigenvalue weighted by atomic mass is 9.83. The number of rotatable bonds is 10. The highest BCUT2D eigenvalue weighted by molar-refractivity contribution is 14.0. The van der Waals surface area contributed by atoms with E-state index < -0.39 is 0 Å². The third kappa shape index (κ3) is 8.20. The zero-order valence-electron chi connectivity index (χ0n) is 18.9. The van der Waals surface area contributed by atoms with Crippen molar-refractivity contribution in [2.75, 3.05) is 26.8 Å². The first kappa shape index (κ1) is 26.3. The molecule has 6 nitrogen and oxygen atoms in total. The molecule has 2 N–H and O–H groups in total. The standard InChI is InChI=1S/C24H33FN4O2.HI/c1-3-30-15-14-24(12-4-5-13-24)18-29-23(26-2)28-17-19-6-11-22(27-16-19)31-21-9-7-20(25)8-10-21;/h6-11,16H,3-5,12-15,17-18H2,1-2H3,(H2,26,28,29);1H. The number of hydrogen-bond donors (Lipinski definition) is 2. The number of aromatic nitrogens is 1. The molecule has 0 saturated heterocycles. The van der Waals surface area contributed by atoms with Crippen LogP contribution in [0.2, 0.25) is 0 Å². The number of benzene rings is 1. The number of ether oxygens (including phenoxy) is 2. The molecule has 0 unspecified atom stereocenters. The molecule has 0 spiro atoms. The molecular formula is C24H34FIN4O2. The van der Waals surface area contributed by atoms with E-state index in [0.29, 0.717) is 23.6 Å². The van der Waals surface area contributed by atoms with Crippen LogP contribution in [0.4, 0.5) is 4.39 Å². The Morgan fingerprint density at radius 1 is 1.12 bits per heavy atom. The molecule has 1 heterocycles. The van der Waals surface area contributed by atoms with Gasteiger partial charge in [0.25, 0.3) is 0 Å². The van der Waals surface area contributed by atoms with Gasteiger partial charge in [-0.3, -0.25) is 4.99 Å².